The minimum Gasteiger partial charge on any atom is -0.370 e. The Labute approximate surface area is 102 Å². The Hall–Kier alpha value is -1.58. The number of hydrogen-bond acceptors (Lipinski definition) is 3. The fraction of sp³-hybridized carbons (Fsp3) is 0.538. The monoisotopic (exact) mass is 233 g/mol. The van der Waals surface area contributed by atoms with Crippen molar-refractivity contribution >= 4 is 17.4 Å². The average Bonchev–Trinajstić information content (AvgIpc) is 2.58. The van der Waals surface area contributed by atoms with E-state index in [0.29, 0.717) is 5.82 Å². The van der Waals surface area contributed by atoms with Gasteiger partial charge in [0.2, 0.25) is 5.91 Å². The first-order valence-electron chi connectivity index (χ1n) is 6.24. The van der Waals surface area contributed by atoms with Crippen LogP contribution in [0.5, 0.6) is 0 Å². The van der Waals surface area contributed by atoms with Crippen LogP contribution in [0.3, 0.4) is 0 Å². The van der Waals surface area contributed by atoms with Gasteiger partial charge in [0.05, 0.1) is 11.9 Å². The fourth-order valence-electron chi connectivity index (χ4n) is 2.16. The first kappa shape index (κ1) is 11.9. The molecule has 4 heteroatoms. The number of hydrogen-bond donors (Lipinski definition) is 1. The lowest BCUT2D eigenvalue weighted by molar-refractivity contribution is -0.114. The maximum atomic E-state index is 10.9. The van der Waals surface area contributed by atoms with Crippen LogP contribution < -0.4 is 10.2 Å². The van der Waals surface area contributed by atoms with Gasteiger partial charge in [0.25, 0.3) is 0 Å². The van der Waals surface area contributed by atoms with Gasteiger partial charge in [-0.15, -0.1) is 0 Å². The molecule has 17 heavy (non-hydrogen) atoms. The van der Waals surface area contributed by atoms with Gasteiger partial charge in [-0.25, -0.2) is 4.98 Å². The summed E-state index contributed by atoms with van der Waals surface area (Å²) >= 11 is 0. The second-order valence-electron chi connectivity index (χ2n) is 4.48. The number of pyridine rings is 1. The Kier molecular flexibility index (Phi) is 3.96. The Balaban J connectivity index is 2.03. The maximum absolute atomic E-state index is 10.9. The van der Waals surface area contributed by atoms with E-state index >= 15 is 0 Å². The Bertz CT molecular complexity index is 367. The van der Waals surface area contributed by atoms with Crippen LogP contribution in [0.2, 0.25) is 0 Å². The van der Waals surface area contributed by atoms with Crippen molar-refractivity contribution in [3.05, 3.63) is 18.3 Å². The maximum Gasteiger partial charge on any atom is 0.222 e. The number of nitrogens with zero attached hydrogens (tertiary/aromatic N) is 2. The van der Waals surface area contributed by atoms with E-state index in [1.54, 1.807) is 0 Å². The van der Waals surface area contributed by atoms with Crippen molar-refractivity contribution in [3.8, 4) is 0 Å². The second-order valence-corrected chi connectivity index (χ2v) is 4.48. The molecule has 1 aliphatic rings. The third-order valence-corrected chi connectivity index (χ3v) is 3.02. The summed E-state index contributed by atoms with van der Waals surface area (Å²) in [6.07, 6.45) is 7.01. The molecule has 0 spiro atoms. The molecule has 1 amide bonds. The lowest BCUT2D eigenvalue weighted by Gasteiger charge is -2.22. The van der Waals surface area contributed by atoms with Crippen LogP contribution in [0.1, 0.15) is 32.6 Å². The number of carbonyl (C=O) groups excluding carboxylic acids is 1. The minimum absolute atomic E-state index is 0.0833. The van der Waals surface area contributed by atoms with Gasteiger partial charge in [-0.1, -0.05) is 12.8 Å². The molecule has 1 aromatic heterocycles. The van der Waals surface area contributed by atoms with Crippen molar-refractivity contribution in [3.63, 3.8) is 0 Å². The first-order valence-corrected chi connectivity index (χ1v) is 6.24. The molecule has 0 atom stereocenters. The van der Waals surface area contributed by atoms with Crippen molar-refractivity contribution in [1.82, 2.24) is 4.98 Å². The van der Waals surface area contributed by atoms with Crippen LogP contribution in [0.25, 0.3) is 0 Å². The second kappa shape index (κ2) is 5.66. The van der Waals surface area contributed by atoms with Crippen LogP contribution in [-0.2, 0) is 4.79 Å². The zero-order valence-electron chi connectivity index (χ0n) is 10.3. The standard InChI is InChI=1S/C13H19N3O/c1-11(17)15-13-7-6-12(10-14-13)16-8-4-2-3-5-9-16/h6-7,10H,2-5,8-9H2,1H3,(H,14,15,17). The van der Waals surface area contributed by atoms with Crippen LogP contribution >= 0.6 is 0 Å². The molecule has 92 valence electrons. The third kappa shape index (κ3) is 3.44. The zero-order valence-corrected chi connectivity index (χ0v) is 10.3. The summed E-state index contributed by atoms with van der Waals surface area (Å²) in [7, 11) is 0. The molecule has 4 nitrogen and oxygen atoms in total. The van der Waals surface area contributed by atoms with Crippen LogP contribution in [0.15, 0.2) is 18.3 Å². The topological polar surface area (TPSA) is 45.2 Å². The van der Waals surface area contributed by atoms with Gasteiger partial charge >= 0.3 is 0 Å². The molecule has 0 saturated carbocycles. The van der Waals surface area contributed by atoms with Gasteiger partial charge in [0.15, 0.2) is 0 Å². The highest BCUT2D eigenvalue weighted by Gasteiger charge is 2.10. The lowest BCUT2D eigenvalue weighted by Crippen LogP contribution is -2.23. The van der Waals surface area contributed by atoms with Gasteiger partial charge < -0.3 is 10.2 Å². The number of amides is 1. The predicted octanol–water partition coefficient (Wildman–Crippen LogP) is 2.42. The summed E-state index contributed by atoms with van der Waals surface area (Å²) in [4.78, 5) is 17.5. The quantitative estimate of drug-likeness (QED) is 0.853. The molecule has 2 rings (SSSR count). The van der Waals surface area contributed by atoms with Crippen molar-refractivity contribution < 1.29 is 4.79 Å². The Morgan fingerprint density at radius 1 is 1.24 bits per heavy atom. The average molecular weight is 233 g/mol. The van der Waals surface area contributed by atoms with Gasteiger partial charge in [0.1, 0.15) is 5.82 Å². The van der Waals surface area contributed by atoms with Crippen molar-refractivity contribution in [1.29, 1.82) is 0 Å². The number of aromatic nitrogens is 1. The normalized spacial score (nSPS) is 16.4. The van der Waals surface area contributed by atoms with E-state index in [4.69, 9.17) is 0 Å². The fourth-order valence-corrected chi connectivity index (χ4v) is 2.16. The van der Waals surface area contributed by atoms with Crippen LogP contribution in [0.4, 0.5) is 11.5 Å². The molecule has 0 aliphatic carbocycles. The highest BCUT2D eigenvalue weighted by Crippen LogP contribution is 2.19. The van der Waals surface area contributed by atoms with Gasteiger partial charge in [-0.3, -0.25) is 4.79 Å². The van der Waals surface area contributed by atoms with Gasteiger partial charge in [-0.05, 0) is 25.0 Å². The Morgan fingerprint density at radius 3 is 2.47 bits per heavy atom. The predicted molar refractivity (Wildman–Crippen MR) is 69.2 cm³/mol. The van der Waals surface area contributed by atoms with Crippen LogP contribution in [-0.4, -0.2) is 24.0 Å². The van der Waals surface area contributed by atoms with E-state index in [2.05, 4.69) is 15.2 Å². The molecule has 0 aromatic carbocycles. The molecule has 1 saturated heterocycles. The molecule has 0 radical (unpaired) electrons. The number of rotatable bonds is 2. The SMILES string of the molecule is CC(=O)Nc1ccc(N2CCCCCC2)cn1. The third-order valence-electron chi connectivity index (χ3n) is 3.02. The largest absolute Gasteiger partial charge is 0.370 e. The summed E-state index contributed by atoms with van der Waals surface area (Å²) in [5.74, 6) is 0.538. The van der Waals surface area contributed by atoms with E-state index in [9.17, 15) is 4.79 Å². The highest BCUT2D eigenvalue weighted by molar-refractivity contribution is 5.87. The summed E-state index contributed by atoms with van der Waals surface area (Å²) < 4.78 is 0. The molecule has 1 aliphatic heterocycles. The lowest BCUT2D eigenvalue weighted by atomic mass is 10.2. The first-order chi connectivity index (χ1) is 8.25. The van der Waals surface area contributed by atoms with Crippen molar-refractivity contribution in [2.24, 2.45) is 0 Å². The van der Waals surface area contributed by atoms with E-state index in [1.165, 1.54) is 32.6 Å². The summed E-state index contributed by atoms with van der Waals surface area (Å²) in [6, 6.07) is 3.89. The summed E-state index contributed by atoms with van der Waals surface area (Å²) in [5.41, 5.74) is 1.15. The number of carbonyl (C=O) groups is 1. The van der Waals surface area contributed by atoms with Crippen molar-refractivity contribution in [2.45, 2.75) is 32.6 Å². The molecular formula is C13H19N3O. The minimum atomic E-state index is -0.0833. The van der Waals surface area contributed by atoms with Crippen molar-refractivity contribution in [2.75, 3.05) is 23.3 Å². The smallest absolute Gasteiger partial charge is 0.222 e. The molecular weight excluding hydrogens is 214 g/mol. The zero-order chi connectivity index (χ0) is 12.1. The molecule has 1 fully saturated rings. The molecule has 0 bridgehead atoms. The molecule has 1 N–H and O–H groups in total. The summed E-state index contributed by atoms with van der Waals surface area (Å²) in [5, 5.41) is 2.68. The number of anilines is 2. The molecule has 0 unspecified atom stereocenters. The van der Waals surface area contributed by atoms with Gasteiger partial charge in [-0.2, -0.15) is 0 Å². The summed E-state index contributed by atoms with van der Waals surface area (Å²) in [6.45, 7) is 3.71. The molecule has 2 heterocycles. The van der Waals surface area contributed by atoms with E-state index < -0.39 is 0 Å². The van der Waals surface area contributed by atoms with Crippen LogP contribution in [0, 0.1) is 0 Å². The van der Waals surface area contributed by atoms with E-state index in [1.807, 2.05) is 18.3 Å². The molecule has 1 aromatic rings. The van der Waals surface area contributed by atoms with E-state index in [0.717, 1.165) is 18.8 Å². The van der Waals surface area contributed by atoms with E-state index in [-0.39, 0.29) is 5.91 Å². The number of nitrogens with one attached hydrogen (secondary N) is 1. The van der Waals surface area contributed by atoms with Gasteiger partial charge in [0, 0.05) is 20.0 Å². The Morgan fingerprint density at radius 2 is 1.94 bits per heavy atom. The highest BCUT2D eigenvalue weighted by atomic mass is 16.1.